The van der Waals surface area contributed by atoms with Crippen LogP contribution in [0.1, 0.15) is 18.1 Å². The molecule has 0 amide bonds. The largest absolute Gasteiger partial charge is 0.398 e. The van der Waals surface area contributed by atoms with E-state index in [0.717, 1.165) is 5.56 Å². The molecule has 0 unspecified atom stereocenters. The Hall–Kier alpha value is -1.31. The molecule has 2 heteroatoms. The van der Waals surface area contributed by atoms with Gasteiger partial charge >= 0.3 is 0 Å². The second-order valence-electron chi connectivity index (χ2n) is 2.68. The quantitative estimate of drug-likeness (QED) is 0.679. The minimum absolute atomic E-state index is 0.259. The molecular weight excluding hydrogens is 153 g/mol. The van der Waals surface area contributed by atoms with Gasteiger partial charge in [0.05, 0.1) is 0 Å². The Morgan fingerprint density at radius 2 is 2.17 bits per heavy atom. The molecule has 0 atom stereocenters. The van der Waals surface area contributed by atoms with Gasteiger partial charge in [0.1, 0.15) is 5.82 Å². The smallest absolute Gasteiger partial charge is 0.132 e. The molecule has 0 aliphatic carbocycles. The molecule has 0 spiro atoms. The number of aryl methyl sites for hydroxylation is 1. The van der Waals surface area contributed by atoms with E-state index in [1.165, 1.54) is 6.07 Å². The van der Waals surface area contributed by atoms with Gasteiger partial charge in [0.15, 0.2) is 0 Å². The first-order chi connectivity index (χ1) is 5.66. The molecule has 1 nitrogen and oxygen atoms in total. The van der Waals surface area contributed by atoms with Gasteiger partial charge in [-0.15, -0.1) is 0 Å². The van der Waals surface area contributed by atoms with Gasteiger partial charge in [-0.05, 0) is 25.5 Å². The summed E-state index contributed by atoms with van der Waals surface area (Å²) < 4.78 is 13.2. The zero-order valence-electron chi connectivity index (χ0n) is 7.26. The average molecular weight is 165 g/mol. The van der Waals surface area contributed by atoms with Crippen molar-refractivity contribution >= 4 is 5.70 Å². The third-order valence-electron chi connectivity index (χ3n) is 1.82. The van der Waals surface area contributed by atoms with E-state index in [9.17, 15) is 4.39 Å². The average Bonchev–Trinajstić information content (AvgIpc) is 2.03. The van der Waals surface area contributed by atoms with Crippen LogP contribution < -0.4 is 5.73 Å². The predicted octanol–water partition coefficient (Wildman–Crippen LogP) is 2.45. The van der Waals surface area contributed by atoms with Crippen molar-refractivity contribution in [2.75, 3.05) is 0 Å². The van der Waals surface area contributed by atoms with E-state index in [4.69, 9.17) is 5.73 Å². The SMILES string of the molecule is C/C=C(/N)c1c(C)cccc1F. The summed E-state index contributed by atoms with van der Waals surface area (Å²) in [5.41, 5.74) is 7.49. The first-order valence-electron chi connectivity index (χ1n) is 3.84. The molecule has 12 heavy (non-hydrogen) atoms. The molecule has 0 saturated heterocycles. The normalized spacial score (nSPS) is 11.8. The molecule has 64 valence electrons. The predicted molar refractivity (Wildman–Crippen MR) is 49.0 cm³/mol. The molecule has 1 aromatic rings. The van der Waals surface area contributed by atoms with E-state index in [2.05, 4.69) is 0 Å². The lowest BCUT2D eigenvalue weighted by Crippen LogP contribution is -2.01. The molecule has 0 radical (unpaired) electrons. The maximum absolute atomic E-state index is 13.2. The molecule has 0 aliphatic rings. The highest BCUT2D eigenvalue weighted by Gasteiger charge is 2.05. The fraction of sp³-hybridized carbons (Fsp3) is 0.200. The van der Waals surface area contributed by atoms with Gasteiger partial charge < -0.3 is 5.73 Å². The lowest BCUT2D eigenvalue weighted by molar-refractivity contribution is 0.622. The van der Waals surface area contributed by atoms with E-state index >= 15 is 0 Å². The van der Waals surface area contributed by atoms with Crippen molar-refractivity contribution in [3.63, 3.8) is 0 Å². The van der Waals surface area contributed by atoms with Crippen LogP contribution in [0.2, 0.25) is 0 Å². The van der Waals surface area contributed by atoms with Crippen molar-refractivity contribution < 1.29 is 4.39 Å². The zero-order valence-corrected chi connectivity index (χ0v) is 7.26. The highest BCUT2D eigenvalue weighted by Crippen LogP contribution is 2.17. The van der Waals surface area contributed by atoms with E-state index in [1.807, 2.05) is 13.0 Å². The van der Waals surface area contributed by atoms with Crippen LogP contribution in [-0.2, 0) is 0 Å². The lowest BCUT2D eigenvalue weighted by atomic mass is 10.1. The van der Waals surface area contributed by atoms with Gasteiger partial charge in [0.2, 0.25) is 0 Å². The fourth-order valence-corrected chi connectivity index (χ4v) is 1.14. The summed E-state index contributed by atoms with van der Waals surface area (Å²) >= 11 is 0. The number of hydrogen-bond acceptors (Lipinski definition) is 1. The second kappa shape index (κ2) is 3.39. The number of allylic oxidation sites excluding steroid dienone is 1. The van der Waals surface area contributed by atoms with E-state index in [-0.39, 0.29) is 5.82 Å². The first-order valence-corrected chi connectivity index (χ1v) is 3.84. The van der Waals surface area contributed by atoms with Gasteiger partial charge in [-0.25, -0.2) is 4.39 Å². The Morgan fingerprint density at radius 1 is 1.50 bits per heavy atom. The van der Waals surface area contributed by atoms with Crippen molar-refractivity contribution in [2.24, 2.45) is 5.73 Å². The molecular formula is C10H12FN. The number of benzene rings is 1. The number of nitrogens with two attached hydrogens (primary N) is 1. The fourth-order valence-electron chi connectivity index (χ4n) is 1.14. The van der Waals surface area contributed by atoms with Crippen LogP contribution in [0.4, 0.5) is 4.39 Å². The summed E-state index contributed by atoms with van der Waals surface area (Å²) in [4.78, 5) is 0. The van der Waals surface area contributed by atoms with Crippen LogP contribution >= 0.6 is 0 Å². The van der Waals surface area contributed by atoms with Crippen molar-refractivity contribution in [3.05, 3.63) is 41.2 Å². The molecule has 0 fully saturated rings. The molecule has 1 aromatic carbocycles. The monoisotopic (exact) mass is 165 g/mol. The number of rotatable bonds is 1. The lowest BCUT2D eigenvalue weighted by Gasteiger charge is -2.05. The van der Waals surface area contributed by atoms with Crippen molar-refractivity contribution in [1.82, 2.24) is 0 Å². The topological polar surface area (TPSA) is 26.0 Å². The third kappa shape index (κ3) is 1.47. The van der Waals surface area contributed by atoms with Gasteiger partial charge in [-0.2, -0.15) is 0 Å². The Morgan fingerprint density at radius 3 is 2.67 bits per heavy atom. The minimum atomic E-state index is -0.259. The second-order valence-corrected chi connectivity index (χ2v) is 2.68. The summed E-state index contributed by atoms with van der Waals surface area (Å²) in [6, 6.07) is 4.94. The summed E-state index contributed by atoms with van der Waals surface area (Å²) in [5.74, 6) is -0.259. The first kappa shape index (κ1) is 8.78. The zero-order chi connectivity index (χ0) is 9.14. The van der Waals surface area contributed by atoms with Gasteiger partial charge in [0, 0.05) is 11.3 Å². The Balaban J connectivity index is 3.31. The summed E-state index contributed by atoms with van der Waals surface area (Å²) in [5, 5.41) is 0. The van der Waals surface area contributed by atoms with Crippen molar-refractivity contribution in [3.8, 4) is 0 Å². The van der Waals surface area contributed by atoms with Gasteiger partial charge in [0.25, 0.3) is 0 Å². The third-order valence-corrected chi connectivity index (χ3v) is 1.82. The van der Waals surface area contributed by atoms with Crippen molar-refractivity contribution in [1.29, 1.82) is 0 Å². The Bertz CT molecular complexity index is 295. The molecule has 0 aromatic heterocycles. The minimum Gasteiger partial charge on any atom is -0.398 e. The van der Waals surface area contributed by atoms with Gasteiger partial charge in [-0.1, -0.05) is 18.2 Å². The Kier molecular flexibility index (Phi) is 2.48. The summed E-state index contributed by atoms with van der Waals surface area (Å²) in [6.07, 6.45) is 1.70. The Labute approximate surface area is 71.7 Å². The molecule has 1 rings (SSSR count). The maximum Gasteiger partial charge on any atom is 0.132 e. The van der Waals surface area contributed by atoms with Crippen LogP contribution in [0.15, 0.2) is 24.3 Å². The van der Waals surface area contributed by atoms with E-state index in [1.54, 1.807) is 19.1 Å². The highest BCUT2D eigenvalue weighted by molar-refractivity contribution is 5.65. The van der Waals surface area contributed by atoms with E-state index < -0.39 is 0 Å². The standard InChI is InChI=1S/C10H12FN/c1-3-9(12)10-7(2)5-4-6-8(10)11/h3-6H,12H2,1-2H3/b9-3+. The van der Waals surface area contributed by atoms with Crippen LogP contribution in [0.25, 0.3) is 5.70 Å². The summed E-state index contributed by atoms with van der Waals surface area (Å²) in [7, 11) is 0. The van der Waals surface area contributed by atoms with Crippen molar-refractivity contribution in [2.45, 2.75) is 13.8 Å². The highest BCUT2D eigenvalue weighted by atomic mass is 19.1. The van der Waals surface area contributed by atoms with Crippen LogP contribution in [0.3, 0.4) is 0 Å². The number of halogens is 1. The molecule has 2 N–H and O–H groups in total. The molecule has 0 heterocycles. The molecule has 0 saturated carbocycles. The maximum atomic E-state index is 13.2. The van der Waals surface area contributed by atoms with Crippen LogP contribution in [-0.4, -0.2) is 0 Å². The van der Waals surface area contributed by atoms with Gasteiger partial charge in [-0.3, -0.25) is 0 Å². The molecule has 0 bridgehead atoms. The van der Waals surface area contributed by atoms with Crippen LogP contribution in [0, 0.1) is 12.7 Å². The van der Waals surface area contributed by atoms with Crippen LogP contribution in [0.5, 0.6) is 0 Å². The summed E-state index contributed by atoms with van der Waals surface area (Å²) in [6.45, 7) is 3.63. The van der Waals surface area contributed by atoms with E-state index in [0.29, 0.717) is 11.3 Å². The molecule has 0 aliphatic heterocycles. The number of hydrogen-bond donors (Lipinski definition) is 1.